The van der Waals surface area contributed by atoms with Gasteiger partial charge in [-0.05, 0) is 36.4 Å². The van der Waals surface area contributed by atoms with Crippen molar-refractivity contribution < 1.29 is 4.79 Å². The van der Waals surface area contributed by atoms with Gasteiger partial charge < -0.3 is 20.0 Å². The fourth-order valence-corrected chi connectivity index (χ4v) is 3.42. The molecule has 3 rings (SSSR count). The van der Waals surface area contributed by atoms with Gasteiger partial charge in [0.1, 0.15) is 0 Å². The number of halogens is 2. The molecule has 0 aliphatic carbocycles. The summed E-state index contributed by atoms with van der Waals surface area (Å²) in [4.78, 5) is 18.6. The number of piperazine rings is 1. The van der Waals surface area contributed by atoms with Crippen molar-refractivity contribution in [3.8, 4) is 0 Å². The molecule has 0 aromatic heterocycles. The van der Waals surface area contributed by atoms with Crippen molar-refractivity contribution in [1.29, 1.82) is 0 Å². The first kappa shape index (κ1) is 18.7. The zero-order chi connectivity index (χ0) is 18.7. The highest BCUT2D eigenvalue weighted by atomic mass is 35.5. The van der Waals surface area contributed by atoms with Crippen LogP contribution in [0, 0.1) is 0 Å². The standard InChI is InChI=1S/C19H22Cl2N4O/c1-23(2)14-6-8-15(9-7-14)24-10-12-25(13-11-24)19(26)22-18-16(20)4-3-5-17(18)21/h3-9H,10-13H2,1-2H3,(H,22,26). The maximum absolute atomic E-state index is 12.5. The van der Waals surface area contributed by atoms with E-state index in [0.29, 0.717) is 28.8 Å². The fourth-order valence-electron chi connectivity index (χ4n) is 2.93. The van der Waals surface area contributed by atoms with E-state index >= 15 is 0 Å². The Balaban J connectivity index is 1.58. The van der Waals surface area contributed by atoms with Gasteiger partial charge in [-0.25, -0.2) is 4.79 Å². The highest BCUT2D eigenvalue weighted by Crippen LogP contribution is 2.30. The number of hydrogen-bond donors (Lipinski definition) is 1. The summed E-state index contributed by atoms with van der Waals surface area (Å²) in [5.41, 5.74) is 2.80. The minimum atomic E-state index is -0.178. The van der Waals surface area contributed by atoms with Gasteiger partial charge in [0.05, 0.1) is 15.7 Å². The number of urea groups is 1. The third kappa shape index (κ3) is 4.17. The monoisotopic (exact) mass is 392 g/mol. The van der Waals surface area contributed by atoms with E-state index in [-0.39, 0.29) is 6.03 Å². The largest absolute Gasteiger partial charge is 0.378 e. The number of hydrogen-bond acceptors (Lipinski definition) is 3. The fraction of sp³-hybridized carbons (Fsp3) is 0.316. The van der Waals surface area contributed by atoms with E-state index in [9.17, 15) is 4.79 Å². The van der Waals surface area contributed by atoms with Gasteiger partial charge >= 0.3 is 6.03 Å². The number of para-hydroxylation sites is 1. The highest BCUT2D eigenvalue weighted by molar-refractivity contribution is 6.39. The molecule has 0 spiro atoms. The normalized spacial score (nSPS) is 14.3. The Hall–Kier alpha value is -2.11. The molecule has 5 nitrogen and oxygen atoms in total. The van der Waals surface area contributed by atoms with Gasteiger partial charge in [0.15, 0.2) is 0 Å². The molecule has 2 aromatic carbocycles. The van der Waals surface area contributed by atoms with Crippen LogP contribution in [0.4, 0.5) is 21.9 Å². The molecule has 1 aliphatic heterocycles. The summed E-state index contributed by atoms with van der Waals surface area (Å²) in [5, 5.41) is 3.69. The second-order valence-corrected chi connectivity index (χ2v) is 7.23. The van der Waals surface area contributed by atoms with Crippen LogP contribution in [0.1, 0.15) is 0 Å². The third-order valence-electron chi connectivity index (χ3n) is 4.49. The molecule has 1 N–H and O–H groups in total. The molecule has 1 fully saturated rings. The third-order valence-corrected chi connectivity index (χ3v) is 5.12. The van der Waals surface area contributed by atoms with E-state index in [1.807, 2.05) is 14.1 Å². The minimum absolute atomic E-state index is 0.178. The van der Waals surface area contributed by atoms with Crippen LogP contribution in [-0.4, -0.2) is 51.2 Å². The van der Waals surface area contributed by atoms with Crippen LogP contribution in [0.15, 0.2) is 42.5 Å². The van der Waals surface area contributed by atoms with Crippen LogP contribution >= 0.6 is 23.2 Å². The molecule has 7 heteroatoms. The lowest BCUT2D eigenvalue weighted by Gasteiger charge is -2.36. The van der Waals surface area contributed by atoms with E-state index in [1.165, 1.54) is 11.4 Å². The van der Waals surface area contributed by atoms with Crippen LogP contribution in [0.5, 0.6) is 0 Å². The lowest BCUT2D eigenvalue weighted by atomic mass is 10.2. The van der Waals surface area contributed by atoms with Crippen molar-refractivity contribution in [3.63, 3.8) is 0 Å². The molecule has 1 saturated heterocycles. The number of anilines is 3. The minimum Gasteiger partial charge on any atom is -0.378 e. The zero-order valence-corrected chi connectivity index (χ0v) is 16.4. The number of rotatable bonds is 3. The smallest absolute Gasteiger partial charge is 0.322 e. The second-order valence-electron chi connectivity index (χ2n) is 6.41. The van der Waals surface area contributed by atoms with Crippen LogP contribution in [0.2, 0.25) is 10.0 Å². The van der Waals surface area contributed by atoms with Gasteiger partial charge in [0.2, 0.25) is 0 Å². The van der Waals surface area contributed by atoms with Gasteiger partial charge in [-0.3, -0.25) is 0 Å². The predicted octanol–water partition coefficient (Wildman–Crippen LogP) is 4.41. The summed E-state index contributed by atoms with van der Waals surface area (Å²) in [7, 11) is 4.05. The van der Waals surface area contributed by atoms with E-state index in [4.69, 9.17) is 23.2 Å². The van der Waals surface area contributed by atoms with Gasteiger partial charge in [-0.15, -0.1) is 0 Å². The van der Waals surface area contributed by atoms with Gasteiger partial charge in [0, 0.05) is 51.6 Å². The van der Waals surface area contributed by atoms with E-state index in [2.05, 4.69) is 39.4 Å². The first-order valence-electron chi connectivity index (χ1n) is 8.48. The molecule has 0 unspecified atom stereocenters. The highest BCUT2D eigenvalue weighted by Gasteiger charge is 2.22. The summed E-state index contributed by atoms with van der Waals surface area (Å²) < 4.78 is 0. The predicted molar refractivity (Wildman–Crippen MR) is 110 cm³/mol. The molecule has 2 aromatic rings. The molecular weight excluding hydrogens is 371 g/mol. The van der Waals surface area contributed by atoms with Gasteiger partial charge in [-0.2, -0.15) is 0 Å². The zero-order valence-electron chi connectivity index (χ0n) is 14.9. The summed E-state index contributed by atoms with van der Waals surface area (Å²) in [6, 6.07) is 13.4. The lowest BCUT2D eigenvalue weighted by molar-refractivity contribution is 0.208. The Morgan fingerprint density at radius 2 is 1.54 bits per heavy atom. The first-order chi connectivity index (χ1) is 12.5. The Labute approximate surface area is 164 Å². The topological polar surface area (TPSA) is 38.8 Å². The SMILES string of the molecule is CN(C)c1ccc(N2CCN(C(=O)Nc3c(Cl)cccc3Cl)CC2)cc1. The number of amides is 2. The van der Waals surface area contributed by atoms with E-state index in [1.54, 1.807) is 23.1 Å². The molecule has 26 heavy (non-hydrogen) atoms. The average molecular weight is 393 g/mol. The van der Waals surface area contributed by atoms with Crippen LogP contribution in [0.25, 0.3) is 0 Å². The van der Waals surface area contributed by atoms with Crippen molar-refractivity contribution in [2.75, 3.05) is 55.4 Å². The van der Waals surface area contributed by atoms with Gasteiger partial charge in [-0.1, -0.05) is 29.3 Å². The second kappa shape index (κ2) is 8.06. The number of nitrogens with zero attached hydrogens (tertiary/aromatic N) is 3. The van der Waals surface area contributed by atoms with Crippen LogP contribution in [0.3, 0.4) is 0 Å². The number of carbonyl (C=O) groups is 1. The molecule has 0 atom stereocenters. The Morgan fingerprint density at radius 1 is 0.962 bits per heavy atom. The maximum Gasteiger partial charge on any atom is 0.322 e. The summed E-state index contributed by atoms with van der Waals surface area (Å²) in [6.45, 7) is 2.85. The number of benzene rings is 2. The van der Waals surface area contributed by atoms with Crippen molar-refractivity contribution >= 4 is 46.3 Å². The Morgan fingerprint density at radius 3 is 2.08 bits per heavy atom. The quantitative estimate of drug-likeness (QED) is 0.840. The van der Waals surface area contributed by atoms with Gasteiger partial charge in [0.25, 0.3) is 0 Å². The first-order valence-corrected chi connectivity index (χ1v) is 9.23. The number of nitrogens with one attached hydrogen (secondary N) is 1. The average Bonchev–Trinajstić information content (AvgIpc) is 2.65. The molecule has 2 amide bonds. The Bertz CT molecular complexity index is 751. The Kier molecular flexibility index (Phi) is 5.79. The van der Waals surface area contributed by atoms with Crippen LogP contribution in [-0.2, 0) is 0 Å². The number of carbonyl (C=O) groups excluding carboxylic acids is 1. The van der Waals surface area contributed by atoms with E-state index < -0.39 is 0 Å². The van der Waals surface area contributed by atoms with Crippen molar-refractivity contribution in [3.05, 3.63) is 52.5 Å². The molecule has 0 bridgehead atoms. The van der Waals surface area contributed by atoms with Crippen molar-refractivity contribution in [2.24, 2.45) is 0 Å². The maximum atomic E-state index is 12.5. The summed E-state index contributed by atoms with van der Waals surface area (Å²) in [5.74, 6) is 0. The molecule has 0 saturated carbocycles. The van der Waals surface area contributed by atoms with E-state index in [0.717, 1.165) is 13.1 Å². The summed E-state index contributed by atoms with van der Waals surface area (Å²) >= 11 is 12.2. The molecule has 1 aliphatic rings. The molecule has 1 heterocycles. The van der Waals surface area contributed by atoms with Crippen molar-refractivity contribution in [1.82, 2.24) is 4.90 Å². The van der Waals surface area contributed by atoms with Crippen molar-refractivity contribution in [2.45, 2.75) is 0 Å². The summed E-state index contributed by atoms with van der Waals surface area (Å²) in [6.07, 6.45) is 0. The molecular formula is C19H22Cl2N4O. The molecule has 0 radical (unpaired) electrons. The van der Waals surface area contributed by atoms with Crippen LogP contribution < -0.4 is 15.1 Å². The lowest BCUT2D eigenvalue weighted by Crippen LogP contribution is -2.50. The molecule has 138 valence electrons.